The van der Waals surface area contributed by atoms with E-state index in [1.807, 2.05) is 62.4 Å². The fraction of sp³-hybridized carbons (Fsp3) is 0.333. The number of ether oxygens (including phenoxy) is 3. The predicted molar refractivity (Wildman–Crippen MR) is 102 cm³/mol. The molecule has 0 fully saturated rings. The van der Waals surface area contributed by atoms with Crippen LogP contribution in [0.2, 0.25) is 0 Å². The summed E-state index contributed by atoms with van der Waals surface area (Å²) in [4.78, 5) is 11.4. The number of hydrogen-bond acceptors (Lipinski definition) is 5. The van der Waals surface area contributed by atoms with Gasteiger partial charge in [-0.05, 0) is 43.2 Å². The van der Waals surface area contributed by atoms with E-state index in [0.29, 0.717) is 37.9 Å². The fourth-order valence-corrected chi connectivity index (χ4v) is 2.41. The average Bonchev–Trinajstić information content (AvgIpc) is 2.66. The van der Waals surface area contributed by atoms with Gasteiger partial charge in [0.05, 0.1) is 12.7 Å². The van der Waals surface area contributed by atoms with Gasteiger partial charge in [-0.2, -0.15) is 5.26 Å². The van der Waals surface area contributed by atoms with Gasteiger partial charge in [-0.15, -0.1) is 0 Å². The second kappa shape index (κ2) is 10.7. The molecule has 0 atom stereocenters. The van der Waals surface area contributed by atoms with Crippen molar-refractivity contribution < 1.29 is 19.0 Å². The van der Waals surface area contributed by atoms with Crippen molar-refractivity contribution in [3.8, 4) is 23.3 Å². The lowest BCUT2D eigenvalue weighted by Gasteiger charge is -2.14. The maximum Gasteiger partial charge on any atom is 0.234 e. The largest absolute Gasteiger partial charge is 0.490 e. The topological polar surface area (TPSA) is 80.6 Å². The van der Waals surface area contributed by atoms with Gasteiger partial charge in [0, 0.05) is 6.54 Å². The second-order valence-corrected chi connectivity index (χ2v) is 5.79. The second-order valence-electron chi connectivity index (χ2n) is 5.79. The molecule has 0 spiro atoms. The van der Waals surface area contributed by atoms with Gasteiger partial charge in [0.2, 0.25) is 5.91 Å². The number of aryl methyl sites for hydroxylation is 1. The standard InChI is InChI=1S/C21H24N2O4/c1-3-25-20-14-17(15-23-21(24)10-11-22)8-9-19(20)27-13-12-26-18-7-5-4-6-16(18)2/h4-9,14H,3,10,12-13,15H2,1-2H3,(H,23,24). The Balaban J connectivity index is 1.90. The van der Waals surface area contributed by atoms with Gasteiger partial charge >= 0.3 is 0 Å². The number of carbonyl (C=O) groups excluding carboxylic acids is 1. The monoisotopic (exact) mass is 368 g/mol. The summed E-state index contributed by atoms with van der Waals surface area (Å²) in [7, 11) is 0. The number of hydrogen-bond donors (Lipinski definition) is 1. The van der Waals surface area contributed by atoms with Crippen molar-refractivity contribution in [2.24, 2.45) is 0 Å². The van der Waals surface area contributed by atoms with Crippen LogP contribution in [0.1, 0.15) is 24.5 Å². The molecule has 0 aromatic heterocycles. The molecule has 2 aromatic carbocycles. The SMILES string of the molecule is CCOc1cc(CNC(=O)CC#N)ccc1OCCOc1ccccc1C. The summed E-state index contributed by atoms with van der Waals surface area (Å²) in [5.41, 5.74) is 1.95. The van der Waals surface area contributed by atoms with Gasteiger partial charge in [0.1, 0.15) is 25.4 Å². The highest BCUT2D eigenvalue weighted by Crippen LogP contribution is 2.28. The number of nitrogens with one attached hydrogen (secondary N) is 1. The first-order valence-corrected chi connectivity index (χ1v) is 8.84. The van der Waals surface area contributed by atoms with Crippen LogP contribution in [0, 0.1) is 18.3 Å². The highest BCUT2D eigenvalue weighted by atomic mass is 16.5. The molecule has 27 heavy (non-hydrogen) atoms. The van der Waals surface area contributed by atoms with Crippen LogP contribution < -0.4 is 19.5 Å². The van der Waals surface area contributed by atoms with Gasteiger partial charge in [0.15, 0.2) is 11.5 Å². The van der Waals surface area contributed by atoms with E-state index < -0.39 is 0 Å². The Kier molecular flexibility index (Phi) is 7.98. The minimum atomic E-state index is -0.302. The molecule has 0 radical (unpaired) electrons. The normalized spacial score (nSPS) is 9.96. The summed E-state index contributed by atoms with van der Waals surface area (Å²) < 4.78 is 17.2. The summed E-state index contributed by atoms with van der Waals surface area (Å²) in [6, 6.07) is 15.1. The number of benzene rings is 2. The molecule has 6 nitrogen and oxygen atoms in total. The molecular weight excluding hydrogens is 344 g/mol. The van der Waals surface area contributed by atoms with Crippen molar-refractivity contribution in [2.75, 3.05) is 19.8 Å². The molecule has 1 amide bonds. The van der Waals surface area contributed by atoms with Crippen molar-refractivity contribution in [3.05, 3.63) is 53.6 Å². The minimum absolute atomic E-state index is 0.152. The third kappa shape index (κ3) is 6.55. The van der Waals surface area contributed by atoms with Crippen LogP contribution in [-0.4, -0.2) is 25.7 Å². The van der Waals surface area contributed by atoms with Crippen LogP contribution in [-0.2, 0) is 11.3 Å². The molecule has 0 unspecified atom stereocenters. The number of rotatable bonds is 10. The van der Waals surface area contributed by atoms with E-state index >= 15 is 0 Å². The molecule has 0 bridgehead atoms. The summed E-state index contributed by atoms with van der Waals surface area (Å²) in [6.45, 7) is 5.52. The first-order valence-electron chi connectivity index (χ1n) is 8.84. The number of carbonyl (C=O) groups is 1. The minimum Gasteiger partial charge on any atom is -0.490 e. The highest BCUT2D eigenvalue weighted by Gasteiger charge is 2.08. The number of nitrogens with zero attached hydrogens (tertiary/aromatic N) is 1. The number of amides is 1. The Hall–Kier alpha value is -3.20. The Labute approximate surface area is 159 Å². The van der Waals surface area contributed by atoms with Crippen LogP contribution >= 0.6 is 0 Å². The van der Waals surface area contributed by atoms with E-state index in [0.717, 1.165) is 16.9 Å². The highest BCUT2D eigenvalue weighted by molar-refractivity contribution is 5.77. The van der Waals surface area contributed by atoms with Crippen molar-refractivity contribution in [1.29, 1.82) is 5.26 Å². The summed E-state index contributed by atoms with van der Waals surface area (Å²) in [5.74, 6) is 1.77. The molecule has 0 aliphatic carbocycles. The quantitative estimate of drug-likeness (QED) is 0.650. The molecule has 0 aliphatic heterocycles. The Bertz CT molecular complexity index is 799. The van der Waals surface area contributed by atoms with Crippen molar-refractivity contribution in [1.82, 2.24) is 5.32 Å². The van der Waals surface area contributed by atoms with Crippen LogP contribution in [0.25, 0.3) is 0 Å². The van der Waals surface area contributed by atoms with Crippen LogP contribution in [0.5, 0.6) is 17.2 Å². The molecule has 0 saturated carbocycles. The molecule has 1 N–H and O–H groups in total. The Morgan fingerprint density at radius 2 is 1.78 bits per heavy atom. The van der Waals surface area contributed by atoms with E-state index in [-0.39, 0.29) is 12.3 Å². The third-order valence-electron chi connectivity index (χ3n) is 3.73. The van der Waals surface area contributed by atoms with Crippen LogP contribution in [0.3, 0.4) is 0 Å². The average molecular weight is 368 g/mol. The van der Waals surface area contributed by atoms with E-state index in [2.05, 4.69) is 5.32 Å². The zero-order valence-electron chi connectivity index (χ0n) is 15.7. The molecule has 6 heteroatoms. The molecule has 0 heterocycles. The van der Waals surface area contributed by atoms with E-state index in [4.69, 9.17) is 19.5 Å². The lowest BCUT2D eigenvalue weighted by Crippen LogP contribution is -2.21. The first-order chi connectivity index (χ1) is 13.1. The molecule has 2 aromatic rings. The van der Waals surface area contributed by atoms with Crippen molar-refractivity contribution in [3.63, 3.8) is 0 Å². The first kappa shape index (κ1) is 20.1. The van der Waals surface area contributed by atoms with Gasteiger partial charge in [0.25, 0.3) is 0 Å². The van der Waals surface area contributed by atoms with E-state index in [9.17, 15) is 4.79 Å². The fourth-order valence-electron chi connectivity index (χ4n) is 2.41. The van der Waals surface area contributed by atoms with Crippen LogP contribution in [0.4, 0.5) is 0 Å². The summed E-state index contributed by atoms with van der Waals surface area (Å²) in [5, 5.41) is 11.2. The predicted octanol–water partition coefficient (Wildman–Crippen LogP) is 3.38. The summed E-state index contributed by atoms with van der Waals surface area (Å²) in [6.07, 6.45) is -0.152. The molecule has 2 rings (SSSR count). The van der Waals surface area contributed by atoms with Gasteiger partial charge in [-0.25, -0.2) is 0 Å². The van der Waals surface area contributed by atoms with E-state index in [1.54, 1.807) is 0 Å². The van der Waals surface area contributed by atoms with Gasteiger partial charge in [-0.3, -0.25) is 4.79 Å². The number of nitriles is 1. The van der Waals surface area contributed by atoms with Crippen LogP contribution in [0.15, 0.2) is 42.5 Å². The lowest BCUT2D eigenvalue weighted by atomic mass is 10.2. The third-order valence-corrected chi connectivity index (χ3v) is 3.73. The number of para-hydroxylation sites is 1. The Morgan fingerprint density at radius 3 is 2.48 bits per heavy atom. The zero-order valence-corrected chi connectivity index (χ0v) is 15.7. The van der Waals surface area contributed by atoms with Crippen molar-refractivity contribution in [2.45, 2.75) is 26.8 Å². The molecular formula is C21H24N2O4. The van der Waals surface area contributed by atoms with Gasteiger partial charge < -0.3 is 19.5 Å². The van der Waals surface area contributed by atoms with Gasteiger partial charge in [-0.1, -0.05) is 24.3 Å². The zero-order chi connectivity index (χ0) is 19.5. The molecule has 0 saturated heterocycles. The maximum atomic E-state index is 11.4. The van der Waals surface area contributed by atoms with Crippen molar-refractivity contribution >= 4 is 5.91 Å². The maximum absolute atomic E-state index is 11.4. The summed E-state index contributed by atoms with van der Waals surface area (Å²) >= 11 is 0. The Morgan fingerprint density at radius 1 is 1.04 bits per heavy atom. The smallest absolute Gasteiger partial charge is 0.234 e. The molecule has 142 valence electrons. The lowest BCUT2D eigenvalue weighted by molar-refractivity contribution is -0.120. The molecule has 0 aliphatic rings. The van der Waals surface area contributed by atoms with E-state index in [1.165, 1.54) is 0 Å².